The zero-order valence-electron chi connectivity index (χ0n) is 9.35. The summed E-state index contributed by atoms with van der Waals surface area (Å²) in [6.07, 6.45) is 4.68. The van der Waals surface area contributed by atoms with Crippen molar-refractivity contribution >= 4 is 5.82 Å². The van der Waals surface area contributed by atoms with E-state index in [0.29, 0.717) is 0 Å². The molecular weight excluding hydrogens is 198 g/mol. The molecule has 2 aromatic rings. The second-order valence-corrected chi connectivity index (χ2v) is 3.70. The first kappa shape index (κ1) is 10.6. The predicted octanol–water partition coefficient (Wildman–Crippen LogP) is 2.44. The predicted molar refractivity (Wildman–Crippen MR) is 65.4 cm³/mol. The van der Waals surface area contributed by atoms with E-state index in [1.165, 1.54) is 5.56 Å². The maximum Gasteiger partial charge on any atom is 0.125 e. The lowest BCUT2D eigenvalue weighted by Crippen LogP contribution is -2.06. The minimum absolute atomic E-state index is 0.877. The standard InChI is InChI=1S/C13H15N3/c1-11-5-6-12(10-16-11)7-9-15-13-4-2-3-8-14-13/h2-6,8,10H,7,9H2,1H3,(H,14,15). The molecule has 0 aliphatic heterocycles. The monoisotopic (exact) mass is 213 g/mol. The minimum atomic E-state index is 0.877. The summed E-state index contributed by atoms with van der Waals surface area (Å²) in [5, 5.41) is 3.27. The number of pyridine rings is 2. The van der Waals surface area contributed by atoms with Crippen molar-refractivity contribution in [3.63, 3.8) is 0 Å². The molecule has 1 N–H and O–H groups in total. The van der Waals surface area contributed by atoms with Gasteiger partial charge in [0.2, 0.25) is 0 Å². The summed E-state index contributed by atoms with van der Waals surface area (Å²) in [7, 11) is 0. The molecule has 0 amide bonds. The number of anilines is 1. The zero-order valence-corrected chi connectivity index (χ0v) is 9.35. The summed E-state index contributed by atoms with van der Waals surface area (Å²) in [5.74, 6) is 0.919. The van der Waals surface area contributed by atoms with E-state index in [1.807, 2.05) is 37.4 Å². The highest BCUT2D eigenvalue weighted by Gasteiger charge is 1.94. The van der Waals surface area contributed by atoms with Crippen molar-refractivity contribution in [3.05, 3.63) is 54.0 Å². The lowest BCUT2D eigenvalue weighted by Gasteiger charge is -2.04. The molecule has 0 unspecified atom stereocenters. The van der Waals surface area contributed by atoms with Gasteiger partial charge in [0, 0.05) is 24.6 Å². The fourth-order valence-electron chi connectivity index (χ4n) is 1.45. The fourth-order valence-corrected chi connectivity index (χ4v) is 1.45. The number of hydrogen-bond acceptors (Lipinski definition) is 3. The van der Waals surface area contributed by atoms with Gasteiger partial charge in [-0.1, -0.05) is 12.1 Å². The topological polar surface area (TPSA) is 37.8 Å². The van der Waals surface area contributed by atoms with Crippen LogP contribution in [0.5, 0.6) is 0 Å². The Balaban J connectivity index is 1.82. The van der Waals surface area contributed by atoms with E-state index in [1.54, 1.807) is 6.20 Å². The van der Waals surface area contributed by atoms with Crippen LogP contribution < -0.4 is 5.32 Å². The molecule has 2 heterocycles. The first-order valence-electron chi connectivity index (χ1n) is 5.41. The van der Waals surface area contributed by atoms with Crippen molar-refractivity contribution < 1.29 is 0 Å². The Morgan fingerprint density at radius 3 is 2.75 bits per heavy atom. The second kappa shape index (κ2) is 5.26. The van der Waals surface area contributed by atoms with Gasteiger partial charge in [0.05, 0.1) is 0 Å². The third-order valence-corrected chi connectivity index (χ3v) is 2.36. The molecule has 0 fully saturated rings. The van der Waals surface area contributed by atoms with E-state index in [0.717, 1.165) is 24.5 Å². The summed E-state index contributed by atoms with van der Waals surface area (Å²) in [5.41, 5.74) is 2.30. The lowest BCUT2D eigenvalue weighted by atomic mass is 10.2. The third-order valence-electron chi connectivity index (χ3n) is 2.36. The number of nitrogens with one attached hydrogen (secondary N) is 1. The van der Waals surface area contributed by atoms with Crippen LogP contribution in [0.1, 0.15) is 11.3 Å². The van der Waals surface area contributed by atoms with Gasteiger partial charge >= 0.3 is 0 Å². The van der Waals surface area contributed by atoms with Crippen molar-refractivity contribution in [2.24, 2.45) is 0 Å². The van der Waals surface area contributed by atoms with Crippen LogP contribution in [0.25, 0.3) is 0 Å². The van der Waals surface area contributed by atoms with Gasteiger partial charge in [0.25, 0.3) is 0 Å². The van der Waals surface area contributed by atoms with Crippen LogP contribution in [0.15, 0.2) is 42.7 Å². The van der Waals surface area contributed by atoms with E-state index in [4.69, 9.17) is 0 Å². The summed E-state index contributed by atoms with van der Waals surface area (Å²) in [4.78, 5) is 8.46. The van der Waals surface area contributed by atoms with Gasteiger partial charge in [-0.15, -0.1) is 0 Å². The molecule has 0 aliphatic rings. The summed E-state index contributed by atoms with van der Waals surface area (Å²) < 4.78 is 0. The summed E-state index contributed by atoms with van der Waals surface area (Å²) in [6, 6.07) is 10.0. The highest BCUT2D eigenvalue weighted by Crippen LogP contribution is 2.03. The van der Waals surface area contributed by atoms with Gasteiger partial charge in [-0.2, -0.15) is 0 Å². The van der Waals surface area contributed by atoms with Gasteiger partial charge in [-0.25, -0.2) is 4.98 Å². The molecule has 0 saturated heterocycles. The Morgan fingerprint density at radius 1 is 1.12 bits per heavy atom. The van der Waals surface area contributed by atoms with Crippen LogP contribution in [-0.4, -0.2) is 16.5 Å². The van der Waals surface area contributed by atoms with E-state index in [9.17, 15) is 0 Å². The molecule has 0 bridgehead atoms. The summed E-state index contributed by atoms with van der Waals surface area (Å²) >= 11 is 0. The molecule has 16 heavy (non-hydrogen) atoms. The maximum absolute atomic E-state index is 4.26. The van der Waals surface area contributed by atoms with Crippen molar-refractivity contribution in [1.82, 2.24) is 9.97 Å². The fraction of sp³-hybridized carbons (Fsp3) is 0.231. The largest absolute Gasteiger partial charge is 0.370 e. The van der Waals surface area contributed by atoms with E-state index >= 15 is 0 Å². The zero-order chi connectivity index (χ0) is 11.2. The molecule has 0 aliphatic carbocycles. The Morgan fingerprint density at radius 2 is 2.06 bits per heavy atom. The number of rotatable bonds is 4. The molecule has 0 saturated carbocycles. The van der Waals surface area contributed by atoms with Crippen LogP contribution in [0.3, 0.4) is 0 Å². The van der Waals surface area contributed by atoms with Gasteiger partial charge in [0.1, 0.15) is 5.82 Å². The highest BCUT2D eigenvalue weighted by atomic mass is 15.0. The number of nitrogens with zero attached hydrogens (tertiary/aromatic N) is 2. The molecule has 3 nitrogen and oxygen atoms in total. The Bertz CT molecular complexity index is 423. The molecule has 2 aromatic heterocycles. The van der Waals surface area contributed by atoms with Gasteiger partial charge in [0.15, 0.2) is 0 Å². The van der Waals surface area contributed by atoms with Crippen molar-refractivity contribution in [2.75, 3.05) is 11.9 Å². The first-order chi connectivity index (χ1) is 7.84. The molecule has 0 aromatic carbocycles. The molecule has 0 radical (unpaired) electrons. The SMILES string of the molecule is Cc1ccc(CCNc2ccccn2)cn1. The van der Waals surface area contributed by atoms with Crippen LogP contribution in [0.2, 0.25) is 0 Å². The number of hydrogen-bond donors (Lipinski definition) is 1. The highest BCUT2D eigenvalue weighted by molar-refractivity contribution is 5.33. The van der Waals surface area contributed by atoms with Crippen LogP contribution in [0.4, 0.5) is 5.82 Å². The summed E-state index contributed by atoms with van der Waals surface area (Å²) in [6.45, 7) is 2.87. The normalized spacial score (nSPS) is 10.1. The van der Waals surface area contributed by atoms with Crippen molar-refractivity contribution in [3.8, 4) is 0 Å². The average Bonchev–Trinajstić information content (AvgIpc) is 2.33. The Kier molecular flexibility index (Phi) is 3.49. The first-order valence-corrected chi connectivity index (χ1v) is 5.41. The minimum Gasteiger partial charge on any atom is -0.370 e. The molecule has 82 valence electrons. The maximum atomic E-state index is 4.26. The Hall–Kier alpha value is -1.90. The van der Waals surface area contributed by atoms with E-state index in [-0.39, 0.29) is 0 Å². The van der Waals surface area contributed by atoms with Crippen molar-refractivity contribution in [2.45, 2.75) is 13.3 Å². The van der Waals surface area contributed by atoms with Crippen molar-refractivity contribution in [1.29, 1.82) is 0 Å². The van der Waals surface area contributed by atoms with E-state index < -0.39 is 0 Å². The van der Waals surface area contributed by atoms with Crippen LogP contribution in [-0.2, 0) is 6.42 Å². The number of aromatic nitrogens is 2. The number of aryl methyl sites for hydroxylation is 1. The molecular formula is C13H15N3. The quantitative estimate of drug-likeness (QED) is 0.847. The Labute approximate surface area is 95.6 Å². The smallest absolute Gasteiger partial charge is 0.125 e. The molecule has 0 spiro atoms. The second-order valence-electron chi connectivity index (χ2n) is 3.70. The lowest BCUT2D eigenvalue weighted by molar-refractivity contribution is 0.987. The van der Waals surface area contributed by atoms with Crippen LogP contribution >= 0.6 is 0 Å². The van der Waals surface area contributed by atoms with Gasteiger partial charge in [-0.05, 0) is 37.1 Å². The van der Waals surface area contributed by atoms with Gasteiger partial charge < -0.3 is 5.32 Å². The van der Waals surface area contributed by atoms with Gasteiger partial charge in [-0.3, -0.25) is 4.98 Å². The molecule has 2 rings (SSSR count). The van der Waals surface area contributed by atoms with E-state index in [2.05, 4.69) is 21.4 Å². The average molecular weight is 213 g/mol. The molecule has 3 heteroatoms. The van der Waals surface area contributed by atoms with Crippen LogP contribution in [0, 0.1) is 6.92 Å². The third kappa shape index (κ3) is 3.05. The molecule has 0 atom stereocenters.